The second-order valence-corrected chi connectivity index (χ2v) is 3.42. The minimum Gasteiger partial charge on any atom is -0.480 e. The lowest BCUT2D eigenvalue weighted by atomic mass is 10.1. The van der Waals surface area contributed by atoms with E-state index in [1.165, 1.54) is 0 Å². The molecule has 0 spiro atoms. The fourth-order valence-electron chi connectivity index (χ4n) is 1.20. The van der Waals surface area contributed by atoms with Crippen LogP contribution >= 0.6 is 12.4 Å². The van der Waals surface area contributed by atoms with Crippen molar-refractivity contribution in [2.24, 2.45) is 0 Å². The van der Waals surface area contributed by atoms with Crippen molar-refractivity contribution in [2.45, 2.75) is 6.18 Å². The van der Waals surface area contributed by atoms with Crippen molar-refractivity contribution < 1.29 is 27.9 Å². The van der Waals surface area contributed by atoms with Crippen LogP contribution < -0.4 is 11.1 Å². The second-order valence-electron chi connectivity index (χ2n) is 3.42. The molecule has 1 amide bonds. The molecule has 1 aromatic carbocycles. The molecule has 9 heteroatoms. The van der Waals surface area contributed by atoms with E-state index in [1.807, 2.05) is 5.32 Å². The summed E-state index contributed by atoms with van der Waals surface area (Å²) in [6, 6.07) is 2.33. The maximum atomic E-state index is 12.4. The fraction of sp³-hybridized carbons (Fsp3) is 0.200. The number of carbonyl (C=O) groups excluding carboxylic acids is 1. The molecular formula is C10H10ClF3N2O3. The lowest BCUT2D eigenvalue weighted by Gasteiger charge is -2.10. The summed E-state index contributed by atoms with van der Waals surface area (Å²) in [4.78, 5) is 21.6. The summed E-state index contributed by atoms with van der Waals surface area (Å²) < 4.78 is 37.3. The Balaban J connectivity index is 0.00000324. The number of alkyl halides is 3. The van der Waals surface area contributed by atoms with E-state index in [2.05, 4.69) is 0 Å². The summed E-state index contributed by atoms with van der Waals surface area (Å²) in [5.41, 5.74) is 3.61. The van der Waals surface area contributed by atoms with E-state index in [1.54, 1.807) is 0 Å². The Hall–Kier alpha value is -1.96. The number of benzene rings is 1. The van der Waals surface area contributed by atoms with Gasteiger partial charge in [0.2, 0.25) is 0 Å². The summed E-state index contributed by atoms with van der Waals surface area (Å²) in [6.45, 7) is -0.686. The molecule has 0 fully saturated rings. The molecule has 0 saturated heterocycles. The molecule has 19 heavy (non-hydrogen) atoms. The van der Waals surface area contributed by atoms with Crippen molar-refractivity contribution in [2.75, 3.05) is 12.3 Å². The minimum absolute atomic E-state index is 0. The molecule has 1 aromatic rings. The summed E-state index contributed by atoms with van der Waals surface area (Å²) in [7, 11) is 0. The molecule has 5 nitrogen and oxygen atoms in total. The zero-order chi connectivity index (χ0) is 13.9. The van der Waals surface area contributed by atoms with Crippen molar-refractivity contribution in [1.29, 1.82) is 0 Å². The number of hydrogen-bond donors (Lipinski definition) is 3. The third kappa shape index (κ3) is 5.04. The van der Waals surface area contributed by atoms with Gasteiger partial charge in [0, 0.05) is 11.3 Å². The number of nitrogens with two attached hydrogens (primary N) is 1. The number of aliphatic carboxylic acids is 1. The topological polar surface area (TPSA) is 92.4 Å². The maximum Gasteiger partial charge on any atom is 0.416 e. The van der Waals surface area contributed by atoms with Crippen molar-refractivity contribution in [1.82, 2.24) is 5.32 Å². The first-order valence-corrected chi connectivity index (χ1v) is 4.68. The number of carboxylic acid groups (broad SMARTS) is 1. The van der Waals surface area contributed by atoms with Gasteiger partial charge >= 0.3 is 12.1 Å². The molecule has 0 aliphatic rings. The van der Waals surface area contributed by atoms with Crippen LogP contribution in [0.1, 0.15) is 15.9 Å². The largest absolute Gasteiger partial charge is 0.480 e. The number of amides is 1. The van der Waals surface area contributed by atoms with Gasteiger partial charge in [-0.1, -0.05) is 0 Å². The number of anilines is 1. The van der Waals surface area contributed by atoms with Gasteiger partial charge in [-0.2, -0.15) is 13.2 Å². The van der Waals surface area contributed by atoms with Crippen molar-refractivity contribution in [3.05, 3.63) is 29.3 Å². The fourth-order valence-corrected chi connectivity index (χ4v) is 1.20. The predicted molar refractivity (Wildman–Crippen MR) is 63.1 cm³/mol. The monoisotopic (exact) mass is 298 g/mol. The number of rotatable bonds is 3. The first-order chi connectivity index (χ1) is 8.20. The zero-order valence-electron chi connectivity index (χ0n) is 9.32. The van der Waals surface area contributed by atoms with Gasteiger partial charge in [0.15, 0.2) is 0 Å². The van der Waals surface area contributed by atoms with Gasteiger partial charge in [0.1, 0.15) is 6.54 Å². The first kappa shape index (κ1) is 17.0. The van der Waals surface area contributed by atoms with E-state index < -0.39 is 30.2 Å². The molecule has 0 saturated carbocycles. The Labute approximate surface area is 112 Å². The van der Waals surface area contributed by atoms with Crippen LogP contribution in [0, 0.1) is 0 Å². The van der Waals surface area contributed by atoms with Crippen molar-refractivity contribution >= 4 is 30.0 Å². The lowest BCUT2D eigenvalue weighted by molar-refractivity contribution is -0.138. The van der Waals surface area contributed by atoms with Crippen molar-refractivity contribution in [3.8, 4) is 0 Å². The average molecular weight is 299 g/mol. The molecular weight excluding hydrogens is 289 g/mol. The Morgan fingerprint density at radius 3 is 2.32 bits per heavy atom. The Morgan fingerprint density at radius 2 is 1.84 bits per heavy atom. The van der Waals surface area contributed by atoms with E-state index in [0.29, 0.717) is 12.1 Å². The van der Waals surface area contributed by atoms with E-state index in [0.717, 1.165) is 6.07 Å². The molecule has 0 atom stereocenters. The van der Waals surface area contributed by atoms with Gasteiger partial charge in [-0.25, -0.2) is 0 Å². The van der Waals surface area contributed by atoms with E-state index >= 15 is 0 Å². The zero-order valence-corrected chi connectivity index (χ0v) is 10.1. The SMILES string of the molecule is Cl.Nc1cc(C(=O)NCC(=O)O)cc(C(F)(F)F)c1. The molecule has 0 bridgehead atoms. The van der Waals surface area contributed by atoms with Crippen molar-refractivity contribution in [3.63, 3.8) is 0 Å². The van der Waals surface area contributed by atoms with Crippen LogP contribution in [0.25, 0.3) is 0 Å². The van der Waals surface area contributed by atoms with Crippen LogP contribution in [0.3, 0.4) is 0 Å². The molecule has 106 valence electrons. The molecule has 0 aromatic heterocycles. The highest BCUT2D eigenvalue weighted by Gasteiger charge is 2.31. The van der Waals surface area contributed by atoms with Gasteiger partial charge in [-0.05, 0) is 18.2 Å². The second kappa shape index (κ2) is 6.28. The van der Waals surface area contributed by atoms with E-state index in [9.17, 15) is 22.8 Å². The van der Waals surface area contributed by atoms with Crippen LogP contribution in [-0.2, 0) is 11.0 Å². The Kier molecular flexibility index (Phi) is 5.63. The van der Waals surface area contributed by atoms with Crippen LogP contribution in [0.5, 0.6) is 0 Å². The normalized spacial score (nSPS) is 10.5. The lowest BCUT2D eigenvalue weighted by Crippen LogP contribution is -2.29. The van der Waals surface area contributed by atoms with Crippen LogP contribution in [0.2, 0.25) is 0 Å². The molecule has 1 rings (SSSR count). The van der Waals surface area contributed by atoms with Gasteiger partial charge < -0.3 is 16.2 Å². The number of carbonyl (C=O) groups is 2. The quantitative estimate of drug-likeness (QED) is 0.738. The molecule has 4 N–H and O–H groups in total. The van der Waals surface area contributed by atoms with Crippen LogP contribution in [-0.4, -0.2) is 23.5 Å². The number of nitrogen functional groups attached to an aromatic ring is 1. The van der Waals surface area contributed by atoms with Gasteiger partial charge in [0.25, 0.3) is 5.91 Å². The molecule has 0 unspecified atom stereocenters. The smallest absolute Gasteiger partial charge is 0.416 e. The molecule has 0 aliphatic carbocycles. The Morgan fingerprint density at radius 1 is 1.26 bits per heavy atom. The average Bonchev–Trinajstić information content (AvgIpc) is 2.23. The highest BCUT2D eigenvalue weighted by molar-refractivity contribution is 5.96. The molecule has 0 aliphatic heterocycles. The minimum atomic E-state index is -4.63. The summed E-state index contributed by atoms with van der Waals surface area (Å²) >= 11 is 0. The Bertz CT molecular complexity index is 491. The maximum absolute atomic E-state index is 12.4. The third-order valence-corrected chi connectivity index (χ3v) is 1.95. The summed E-state index contributed by atoms with van der Waals surface area (Å²) in [5.74, 6) is -2.24. The number of hydrogen-bond acceptors (Lipinski definition) is 3. The number of halogens is 4. The van der Waals surface area contributed by atoms with E-state index in [-0.39, 0.29) is 23.7 Å². The summed E-state index contributed by atoms with van der Waals surface area (Å²) in [5, 5.41) is 10.3. The van der Waals surface area contributed by atoms with Crippen LogP contribution in [0.15, 0.2) is 18.2 Å². The molecule has 0 heterocycles. The first-order valence-electron chi connectivity index (χ1n) is 4.68. The highest BCUT2D eigenvalue weighted by Crippen LogP contribution is 2.31. The number of nitrogens with one attached hydrogen (secondary N) is 1. The van der Waals surface area contributed by atoms with E-state index in [4.69, 9.17) is 10.8 Å². The third-order valence-electron chi connectivity index (χ3n) is 1.95. The van der Waals surface area contributed by atoms with Gasteiger partial charge in [-0.15, -0.1) is 12.4 Å². The van der Waals surface area contributed by atoms with Crippen LogP contribution in [0.4, 0.5) is 18.9 Å². The van der Waals surface area contributed by atoms with Gasteiger partial charge in [0.05, 0.1) is 5.56 Å². The highest BCUT2D eigenvalue weighted by atomic mass is 35.5. The predicted octanol–water partition coefficient (Wildman–Crippen LogP) is 1.52. The van der Waals surface area contributed by atoms with Gasteiger partial charge in [-0.3, -0.25) is 9.59 Å². The standard InChI is InChI=1S/C10H9F3N2O3.ClH/c11-10(12,13)6-1-5(2-7(14)3-6)9(18)15-4-8(16)17;/h1-3H,4,14H2,(H,15,18)(H,16,17);1H. The summed E-state index contributed by atoms with van der Waals surface area (Å²) in [6.07, 6.45) is -4.63. The molecule has 0 radical (unpaired) electrons. The number of carboxylic acids is 1.